The van der Waals surface area contributed by atoms with Gasteiger partial charge >= 0.3 is 0 Å². The lowest BCUT2D eigenvalue weighted by atomic mass is 9.94. The van der Waals surface area contributed by atoms with Gasteiger partial charge in [-0.2, -0.15) is 0 Å². The molecule has 102 valence electrons. The summed E-state index contributed by atoms with van der Waals surface area (Å²) in [5, 5.41) is 3.77. The molecule has 0 amide bonds. The normalized spacial score (nSPS) is 21.0. The standard InChI is InChI=1S/C16H22N2S/c17-8-7-13-4-3-9-18(10-13)11-14-12-19-16-6-2-1-5-15(14)16/h1-2,5-6,12-13H,3-4,7-11,17H2. The topological polar surface area (TPSA) is 29.3 Å². The molecule has 1 atom stereocenters. The van der Waals surface area contributed by atoms with Crippen LogP contribution in [0.1, 0.15) is 24.8 Å². The van der Waals surface area contributed by atoms with E-state index in [1.54, 1.807) is 0 Å². The second-order valence-electron chi connectivity index (χ2n) is 5.58. The molecule has 0 spiro atoms. The van der Waals surface area contributed by atoms with Crippen molar-refractivity contribution in [2.24, 2.45) is 11.7 Å². The molecule has 0 aliphatic carbocycles. The Bertz CT molecular complexity index is 532. The van der Waals surface area contributed by atoms with Crippen LogP contribution in [0.15, 0.2) is 29.6 Å². The quantitative estimate of drug-likeness (QED) is 0.925. The Hall–Kier alpha value is -0.900. The highest BCUT2D eigenvalue weighted by molar-refractivity contribution is 7.17. The Balaban J connectivity index is 1.70. The maximum Gasteiger partial charge on any atom is 0.0346 e. The third-order valence-electron chi connectivity index (χ3n) is 4.13. The predicted octanol–water partition coefficient (Wildman–Crippen LogP) is 3.46. The molecule has 1 fully saturated rings. The summed E-state index contributed by atoms with van der Waals surface area (Å²) in [5.41, 5.74) is 7.19. The van der Waals surface area contributed by atoms with Gasteiger partial charge in [0.05, 0.1) is 0 Å². The predicted molar refractivity (Wildman–Crippen MR) is 83.5 cm³/mol. The molecular formula is C16H22N2S. The number of nitrogens with zero attached hydrogens (tertiary/aromatic N) is 1. The average molecular weight is 274 g/mol. The van der Waals surface area contributed by atoms with E-state index in [0.29, 0.717) is 0 Å². The minimum atomic E-state index is 0.809. The lowest BCUT2D eigenvalue weighted by Gasteiger charge is -2.32. The highest BCUT2D eigenvalue weighted by atomic mass is 32.1. The molecule has 0 radical (unpaired) electrons. The zero-order chi connectivity index (χ0) is 13.1. The van der Waals surface area contributed by atoms with E-state index in [1.807, 2.05) is 11.3 Å². The molecule has 2 N–H and O–H groups in total. The van der Waals surface area contributed by atoms with Gasteiger partial charge in [-0.1, -0.05) is 18.2 Å². The Morgan fingerprint density at radius 3 is 3.11 bits per heavy atom. The van der Waals surface area contributed by atoms with Crippen LogP contribution in [0.4, 0.5) is 0 Å². The van der Waals surface area contributed by atoms with Crippen molar-refractivity contribution in [2.45, 2.75) is 25.8 Å². The van der Waals surface area contributed by atoms with Gasteiger partial charge in [-0.3, -0.25) is 4.90 Å². The third kappa shape index (κ3) is 2.99. The molecule has 1 aliphatic rings. The van der Waals surface area contributed by atoms with Crippen LogP contribution in [0.25, 0.3) is 10.1 Å². The molecular weight excluding hydrogens is 252 g/mol. The first-order valence-corrected chi connectivity index (χ1v) is 8.12. The molecule has 1 aliphatic heterocycles. The van der Waals surface area contributed by atoms with E-state index in [9.17, 15) is 0 Å². The number of hydrogen-bond acceptors (Lipinski definition) is 3. The summed E-state index contributed by atoms with van der Waals surface area (Å²) >= 11 is 1.87. The van der Waals surface area contributed by atoms with Crippen LogP contribution in [0.3, 0.4) is 0 Å². The van der Waals surface area contributed by atoms with Gasteiger partial charge < -0.3 is 5.73 Å². The first kappa shape index (κ1) is 13.1. The van der Waals surface area contributed by atoms with Crippen molar-refractivity contribution in [3.63, 3.8) is 0 Å². The van der Waals surface area contributed by atoms with E-state index < -0.39 is 0 Å². The van der Waals surface area contributed by atoms with Gasteiger partial charge in [-0.05, 0) is 60.7 Å². The largest absolute Gasteiger partial charge is 0.330 e. The molecule has 1 unspecified atom stereocenters. The molecule has 2 aromatic rings. The van der Waals surface area contributed by atoms with E-state index in [0.717, 1.165) is 19.0 Å². The highest BCUT2D eigenvalue weighted by Gasteiger charge is 2.20. The summed E-state index contributed by atoms with van der Waals surface area (Å²) in [6.45, 7) is 4.40. The first-order valence-electron chi connectivity index (χ1n) is 7.24. The summed E-state index contributed by atoms with van der Waals surface area (Å²) in [7, 11) is 0. The van der Waals surface area contributed by atoms with Crippen molar-refractivity contribution in [2.75, 3.05) is 19.6 Å². The average Bonchev–Trinajstić information content (AvgIpc) is 2.83. The maximum atomic E-state index is 5.70. The van der Waals surface area contributed by atoms with Gasteiger partial charge in [0.2, 0.25) is 0 Å². The highest BCUT2D eigenvalue weighted by Crippen LogP contribution is 2.28. The molecule has 1 aromatic carbocycles. The van der Waals surface area contributed by atoms with Crippen molar-refractivity contribution in [3.8, 4) is 0 Å². The first-order chi connectivity index (χ1) is 9.36. The minimum Gasteiger partial charge on any atom is -0.330 e. The van der Waals surface area contributed by atoms with Gasteiger partial charge in [0.1, 0.15) is 0 Å². The summed E-state index contributed by atoms with van der Waals surface area (Å²) in [4.78, 5) is 2.61. The summed E-state index contributed by atoms with van der Waals surface area (Å²) < 4.78 is 1.41. The van der Waals surface area contributed by atoms with Gasteiger partial charge in [0.25, 0.3) is 0 Å². The number of piperidine rings is 1. The second kappa shape index (κ2) is 6.04. The van der Waals surface area contributed by atoms with Crippen LogP contribution in [0, 0.1) is 5.92 Å². The maximum absolute atomic E-state index is 5.70. The zero-order valence-electron chi connectivity index (χ0n) is 11.3. The van der Waals surface area contributed by atoms with Crippen LogP contribution in [0.2, 0.25) is 0 Å². The monoisotopic (exact) mass is 274 g/mol. The number of nitrogens with two attached hydrogens (primary N) is 1. The molecule has 1 saturated heterocycles. The van der Waals surface area contributed by atoms with Gasteiger partial charge in [0, 0.05) is 17.8 Å². The van der Waals surface area contributed by atoms with Crippen LogP contribution in [-0.2, 0) is 6.54 Å². The molecule has 1 aromatic heterocycles. The second-order valence-corrected chi connectivity index (χ2v) is 6.49. The molecule has 3 heteroatoms. The van der Waals surface area contributed by atoms with E-state index in [4.69, 9.17) is 5.73 Å². The molecule has 3 rings (SSSR count). The van der Waals surface area contributed by atoms with Crippen molar-refractivity contribution in [1.82, 2.24) is 4.90 Å². The van der Waals surface area contributed by atoms with E-state index in [1.165, 1.54) is 48.0 Å². The Kier molecular flexibility index (Phi) is 4.16. The molecule has 2 nitrogen and oxygen atoms in total. The summed E-state index contributed by atoms with van der Waals surface area (Å²) in [5.74, 6) is 0.809. The van der Waals surface area contributed by atoms with Crippen molar-refractivity contribution in [3.05, 3.63) is 35.2 Å². The molecule has 2 heterocycles. The van der Waals surface area contributed by atoms with Crippen molar-refractivity contribution >= 4 is 21.4 Å². The Morgan fingerprint density at radius 1 is 1.32 bits per heavy atom. The third-order valence-corrected chi connectivity index (χ3v) is 5.15. The van der Waals surface area contributed by atoms with Crippen molar-refractivity contribution in [1.29, 1.82) is 0 Å². The van der Waals surface area contributed by atoms with Crippen LogP contribution >= 0.6 is 11.3 Å². The van der Waals surface area contributed by atoms with Crippen molar-refractivity contribution < 1.29 is 0 Å². The number of benzene rings is 1. The zero-order valence-corrected chi connectivity index (χ0v) is 12.2. The number of fused-ring (bicyclic) bond motifs is 1. The number of rotatable bonds is 4. The molecule has 0 saturated carbocycles. The SMILES string of the molecule is NCCC1CCCN(Cc2csc3ccccc23)C1. The lowest BCUT2D eigenvalue weighted by Crippen LogP contribution is -2.35. The number of likely N-dealkylation sites (tertiary alicyclic amines) is 1. The van der Waals surface area contributed by atoms with E-state index in [-0.39, 0.29) is 0 Å². The minimum absolute atomic E-state index is 0.809. The molecule has 0 bridgehead atoms. The summed E-state index contributed by atoms with van der Waals surface area (Å²) in [6, 6.07) is 8.74. The van der Waals surface area contributed by atoms with E-state index >= 15 is 0 Å². The Labute approximate surface area is 119 Å². The Morgan fingerprint density at radius 2 is 2.21 bits per heavy atom. The lowest BCUT2D eigenvalue weighted by molar-refractivity contribution is 0.163. The van der Waals surface area contributed by atoms with Gasteiger partial charge in [0.15, 0.2) is 0 Å². The van der Waals surface area contributed by atoms with Gasteiger partial charge in [-0.25, -0.2) is 0 Å². The number of thiophene rings is 1. The van der Waals surface area contributed by atoms with Gasteiger partial charge in [-0.15, -0.1) is 11.3 Å². The smallest absolute Gasteiger partial charge is 0.0346 e. The van der Waals surface area contributed by atoms with Crippen LogP contribution in [-0.4, -0.2) is 24.5 Å². The fraction of sp³-hybridized carbons (Fsp3) is 0.500. The molecule has 19 heavy (non-hydrogen) atoms. The fourth-order valence-corrected chi connectivity index (χ4v) is 4.12. The van der Waals surface area contributed by atoms with Crippen LogP contribution < -0.4 is 5.73 Å². The summed E-state index contributed by atoms with van der Waals surface area (Å²) in [6.07, 6.45) is 3.87. The fourth-order valence-electron chi connectivity index (χ4n) is 3.16. The van der Waals surface area contributed by atoms with Crippen LogP contribution in [0.5, 0.6) is 0 Å². The van der Waals surface area contributed by atoms with E-state index in [2.05, 4.69) is 34.5 Å². The number of hydrogen-bond donors (Lipinski definition) is 1.